The number of nitrogens with zero attached hydrogens (tertiary/aromatic N) is 1. The molecule has 1 aliphatic rings. The van der Waals surface area contributed by atoms with E-state index in [2.05, 4.69) is 5.32 Å². The predicted molar refractivity (Wildman–Crippen MR) is 86.2 cm³/mol. The molecule has 2 rings (SSSR count). The molecule has 1 aromatic carbocycles. The summed E-state index contributed by atoms with van der Waals surface area (Å²) in [5.74, 6) is -1.52. The van der Waals surface area contributed by atoms with Crippen molar-refractivity contribution in [2.24, 2.45) is 0 Å². The van der Waals surface area contributed by atoms with Crippen molar-refractivity contribution in [1.29, 1.82) is 0 Å². The summed E-state index contributed by atoms with van der Waals surface area (Å²) in [5, 5.41) is 9.68. The van der Waals surface area contributed by atoms with E-state index in [1.54, 1.807) is 0 Å². The molecule has 0 aliphatic carbocycles. The van der Waals surface area contributed by atoms with Crippen LogP contribution in [0.4, 0.5) is 10.1 Å². The van der Waals surface area contributed by atoms with Crippen molar-refractivity contribution in [1.82, 2.24) is 4.90 Å². The number of halogens is 1. The number of ether oxygens (including phenoxy) is 2. The third kappa shape index (κ3) is 6.60. The molecule has 1 heterocycles. The van der Waals surface area contributed by atoms with Gasteiger partial charge in [-0.15, -0.1) is 0 Å². The second-order valence-corrected chi connectivity index (χ2v) is 5.09. The van der Waals surface area contributed by atoms with Crippen LogP contribution < -0.4 is 5.32 Å². The zero-order valence-electron chi connectivity index (χ0n) is 13.8. The van der Waals surface area contributed by atoms with Crippen molar-refractivity contribution in [2.45, 2.75) is 0 Å². The van der Waals surface area contributed by atoms with Gasteiger partial charge in [-0.25, -0.2) is 9.18 Å². The van der Waals surface area contributed by atoms with Gasteiger partial charge in [0, 0.05) is 12.2 Å². The number of anilines is 1. The van der Waals surface area contributed by atoms with Crippen LogP contribution in [0.3, 0.4) is 0 Å². The van der Waals surface area contributed by atoms with Crippen LogP contribution >= 0.6 is 0 Å². The number of esters is 1. The number of carbonyl (C=O) groups excluding carboxylic acids is 2. The van der Waals surface area contributed by atoms with E-state index in [-0.39, 0.29) is 37.0 Å². The summed E-state index contributed by atoms with van der Waals surface area (Å²) in [6, 6.07) is 5.47. The van der Waals surface area contributed by atoms with Gasteiger partial charge < -0.3 is 24.8 Å². The van der Waals surface area contributed by atoms with Crippen LogP contribution in [-0.2, 0) is 23.9 Å². The monoisotopic (exact) mass is 354 g/mol. The summed E-state index contributed by atoms with van der Waals surface area (Å²) in [6.07, 6.45) is 0. The fraction of sp³-hybridized carbons (Fsp3) is 0.312. The largest absolute Gasteiger partial charge is 0.483 e. The van der Waals surface area contributed by atoms with E-state index in [4.69, 9.17) is 19.4 Å². The minimum atomic E-state index is -0.728. The molecule has 0 spiro atoms. The highest BCUT2D eigenvalue weighted by molar-refractivity contribution is 6.19. The molecule has 25 heavy (non-hydrogen) atoms. The minimum absolute atomic E-state index is 0.0338. The Labute approximate surface area is 143 Å². The first-order valence-corrected chi connectivity index (χ1v) is 7.21. The molecular weight excluding hydrogens is 335 g/mol. The fourth-order valence-corrected chi connectivity index (χ4v) is 1.77. The van der Waals surface area contributed by atoms with Crippen LogP contribution in [0.15, 0.2) is 35.7 Å². The molecule has 0 fully saturated rings. The third-order valence-electron chi connectivity index (χ3n) is 2.93. The molecule has 0 amide bonds. The zero-order valence-corrected chi connectivity index (χ0v) is 13.8. The number of ketones is 1. The van der Waals surface area contributed by atoms with Crippen LogP contribution in [0.1, 0.15) is 0 Å². The minimum Gasteiger partial charge on any atom is -0.483 e. The molecule has 2 N–H and O–H groups in total. The normalized spacial score (nSPS) is 13.0. The number of Topliss-reactive ketones (excluding diaryl/α,β-unsaturated/α-hetero) is 1. The van der Waals surface area contributed by atoms with Crippen molar-refractivity contribution < 1.29 is 33.4 Å². The standard InChI is InChI=1S/C15H17FN2O4.CH2O2/c1-18(2)7-8-21-15(20)13-12(19)9-22-14(13)17-11-5-3-10(16)4-6-11;2-1-3/h3-6,17H,7-9H2,1-2H3;1H,(H,2,3). The first kappa shape index (κ1) is 20.1. The lowest BCUT2D eigenvalue weighted by atomic mass is 10.2. The molecular formula is C16H19FN2O6. The number of likely N-dealkylation sites (N-methyl/N-ethyl adjacent to an activating group) is 1. The third-order valence-corrected chi connectivity index (χ3v) is 2.93. The Morgan fingerprint density at radius 2 is 2.00 bits per heavy atom. The van der Waals surface area contributed by atoms with Crippen LogP contribution in [0.5, 0.6) is 0 Å². The molecule has 0 radical (unpaired) electrons. The topological polar surface area (TPSA) is 105 Å². The fourth-order valence-electron chi connectivity index (χ4n) is 1.77. The Kier molecular flexibility index (Phi) is 8.07. The Hall–Kier alpha value is -2.94. The summed E-state index contributed by atoms with van der Waals surface area (Å²) >= 11 is 0. The predicted octanol–water partition coefficient (Wildman–Crippen LogP) is 0.854. The number of benzene rings is 1. The van der Waals surface area contributed by atoms with Gasteiger partial charge in [-0.2, -0.15) is 0 Å². The van der Waals surface area contributed by atoms with Gasteiger partial charge in [-0.1, -0.05) is 0 Å². The van der Waals surface area contributed by atoms with Crippen molar-refractivity contribution in [3.63, 3.8) is 0 Å². The maximum absolute atomic E-state index is 12.9. The second kappa shape index (κ2) is 10.0. The van der Waals surface area contributed by atoms with Gasteiger partial charge in [0.1, 0.15) is 12.4 Å². The molecule has 0 bridgehead atoms. The number of hydrogen-bond acceptors (Lipinski definition) is 7. The van der Waals surface area contributed by atoms with Crippen LogP contribution in [0, 0.1) is 5.82 Å². The van der Waals surface area contributed by atoms with Gasteiger partial charge in [0.2, 0.25) is 11.7 Å². The van der Waals surface area contributed by atoms with Crippen molar-refractivity contribution in [3.8, 4) is 0 Å². The summed E-state index contributed by atoms with van der Waals surface area (Å²) in [6.45, 7) is 0.253. The average molecular weight is 354 g/mol. The van der Waals surface area contributed by atoms with Gasteiger partial charge >= 0.3 is 5.97 Å². The number of carboxylic acid groups (broad SMARTS) is 1. The average Bonchev–Trinajstić information content (AvgIpc) is 2.90. The van der Waals surface area contributed by atoms with Crippen LogP contribution in [0.2, 0.25) is 0 Å². The van der Waals surface area contributed by atoms with Crippen LogP contribution in [-0.4, -0.2) is 62.1 Å². The van der Waals surface area contributed by atoms with Crippen molar-refractivity contribution >= 4 is 23.9 Å². The number of rotatable bonds is 6. The number of nitrogens with one attached hydrogen (secondary N) is 1. The number of hydrogen-bond donors (Lipinski definition) is 2. The van der Waals surface area contributed by atoms with Gasteiger partial charge in [0.05, 0.1) is 0 Å². The van der Waals surface area contributed by atoms with E-state index in [0.29, 0.717) is 12.2 Å². The highest BCUT2D eigenvalue weighted by Gasteiger charge is 2.32. The molecule has 0 aromatic heterocycles. The smallest absolute Gasteiger partial charge is 0.347 e. The van der Waals surface area contributed by atoms with Crippen LogP contribution in [0.25, 0.3) is 0 Å². The Morgan fingerprint density at radius 3 is 2.56 bits per heavy atom. The van der Waals surface area contributed by atoms with Gasteiger partial charge in [0.15, 0.2) is 12.2 Å². The first-order valence-electron chi connectivity index (χ1n) is 7.21. The maximum atomic E-state index is 12.9. The lowest BCUT2D eigenvalue weighted by molar-refractivity contribution is -0.140. The Morgan fingerprint density at radius 1 is 1.40 bits per heavy atom. The maximum Gasteiger partial charge on any atom is 0.347 e. The Bertz CT molecular complexity index is 643. The molecule has 1 aromatic rings. The zero-order chi connectivity index (χ0) is 18.8. The van der Waals surface area contributed by atoms with Gasteiger partial charge in [-0.05, 0) is 38.4 Å². The highest BCUT2D eigenvalue weighted by atomic mass is 19.1. The molecule has 0 unspecified atom stereocenters. The van der Waals surface area contributed by atoms with Gasteiger partial charge in [0.25, 0.3) is 6.47 Å². The Balaban J connectivity index is 0.000000970. The van der Waals surface area contributed by atoms with E-state index in [1.807, 2.05) is 19.0 Å². The quantitative estimate of drug-likeness (QED) is 0.440. The summed E-state index contributed by atoms with van der Waals surface area (Å²) < 4.78 is 23.1. The lowest BCUT2D eigenvalue weighted by Gasteiger charge is -2.11. The molecule has 9 heteroatoms. The first-order chi connectivity index (χ1) is 11.9. The molecule has 0 atom stereocenters. The SMILES string of the molecule is CN(C)CCOC(=O)C1=C(Nc2ccc(F)cc2)OCC1=O.O=CO. The van der Waals surface area contributed by atoms with Crippen molar-refractivity contribution in [3.05, 3.63) is 41.5 Å². The van der Waals surface area contributed by atoms with Crippen molar-refractivity contribution in [2.75, 3.05) is 39.2 Å². The van der Waals surface area contributed by atoms with E-state index in [1.165, 1.54) is 24.3 Å². The second-order valence-electron chi connectivity index (χ2n) is 5.09. The summed E-state index contributed by atoms with van der Waals surface area (Å²) in [4.78, 5) is 34.0. The summed E-state index contributed by atoms with van der Waals surface area (Å²) in [7, 11) is 3.69. The van der Waals surface area contributed by atoms with E-state index in [0.717, 1.165) is 0 Å². The van der Waals surface area contributed by atoms with E-state index >= 15 is 0 Å². The molecule has 0 saturated carbocycles. The van der Waals surface area contributed by atoms with E-state index < -0.39 is 11.8 Å². The highest BCUT2D eigenvalue weighted by Crippen LogP contribution is 2.20. The summed E-state index contributed by atoms with van der Waals surface area (Å²) in [5.41, 5.74) is 0.354. The molecule has 136 valence electrons. The number of carbonyl (C=O) groups is 3. The van der Waals surface area contributed by atoms with Gasteiger partial charge in [-0.3, -0.25) is 9.59 Å². The molecule has 0 saturated heterocycles. The molecule has 8 nitrogen and oxygen atoms in total. The molecule has 1 aliphatic heterocycles. The lowest BCUT2D eigenvalue weighted by Crippen LogP contribution is -2.23. The van der Waals surface area contributed by atoms with E-state index in [9.17, 15) is 14.0 Å².